The van der Waals surface area contributed by atoms with E-state index in [0.29, 0.717) is 12.2 Å². The molecule has 80 valence electrons. The zero-order valence-corrected chi connectivity index (χ0v) is 10.4. The summed E-state index contributed by atoms with van der Waals surface area (Å²) >= 11 is 3.36. The zero-order valence-electron chi connectivity index (χ0n) is 8.83. The molecule has 0 amide bonds. The van der Waals surface area contributed by atoms with Gasteiger partial charge in [0.05, 0.1) is 12.2 Å². The second-order valence-corrected chi connectivity index (χ2v) is 4.04. The summed E-state index contributed by atoms with van der Waals surface area (Å²) in [7, 11) is 3.68. The molecular formula is C11H13BrN2O. The van der Waals surface area contributed by atoms with Gasteiger partial charge in [-0.1, -0.05) is 0 Å². The van der Waals surface area contributed by atoms with Crippen LogP contribution in [0.25, 0.3) is 0 Å². The van der Waals surface area contributed by atoms with Crippen LogP contribution in [0.3, 0.4) is 0 Å². The Morgan fingerprint density at radius 3 is 2.80 bits per heavy atom. The number of rotatable bonds is 4. The lowest BCUT2D eigenvalue weighted by molar-refractivity contribution is 0.206. The van der Waals surface area contributed by atoms with E-state index in [1.165, 1.54) is 0 Å². The summed E-state index contributed by atoms with van der Waals surface area (Å²) in [6.07, 6.45) is 0. The number of methoxy groups -OCH3 is 1. The van der Waals surface area contributed by atoms with Gasteiger partial charge in [-0.2, -0.15) is 5.26 Å². The predicted octanol–water partition coefficient (Wildman–Crippen LogP) is 2.40. The molecule has 0 radical (unpaired) electrons. The molecule has 0 saturated heterocycles. The lowest BCUT2D eigenvalue weighted by Crippen LogP contribution is -2.21. The molecule has 0 aromatic heterocycles. The fraction of sp³-hybridized carbons (Fsp3) is 0.364. The number of nitriles is 1. The van der Waals surface area contributed by atoms with Crippen molar-refractivity contribution in [2.45, 2.75) is 0 Å². The first-order valence-electron chi connectivity index (χ1n) is 4.58. The minimum Gasteiger partial charge on any atom is -0.383 e. The summed E-state index contributed by atoms with van der Waals surface area (Å²) in [5, 5.41) is 8.78. The molecule has 1 aromatic rings. The van der Waals surface area contributed by atoms with Crippen molar-refractivity contribution in [1.29, 1.82) is 5.26 Å². The Morgan fingerprint density at radius 1 is 1.53 bits per heavy atom. The fourth-order valence-corrected chi connectivity index (χ4v) is 1.64. The molecule has 0 unspecified atom stereocenters. The van der Waals surface area contributed by atoms with E-state index in [-0.39, 0.29) is 0 Å². The molecule has 4 heteroatoms. The predicted molar refractivity (Wildman–Crippen MR) is 64.0 cm³/mol. The van der Waals surface area contributed by atoms with Crippen LogP contribution in [0.4, 0.5) is 5.69 Å². The van der Waals surface area contributed by atoms with Crippen LogP contribution in [-0.2, 0) is 4.74 Å². The van der Waals surface area contributed by atoms with Crippen LogP contribution >= 0.6 is 15.9 Å². The smallest absolute Gasteiger partial charge is 0.100 e. The van der Waals surface area contributed by atoms with Crippen molar-refractivity contribution >= 4 is 21.6 Å². The van der Waals surface area contributed by atoms with Gasteiger partial charge in [-0.05, 0) is 34.1 Å². The van der Waals surface area contributed by atoms with Crippen LogP contribution < -0.4 is 4.90 Å². The number of likely N-dealkylation sites (N-methyl/N-ethyl adjacent to an activating group) is 1. The van der Waals surface area contributed by atoms with Gasteiger partial charge < -0.3 is 9.64 Å². The number of hydrogen-bond donors (Lipinski definition) is 0. The lowest BCUT2D eigenvalue weighted by atomic mass is 10.2. The highest BCUT2D eigenvalue weighted by atomic mass is 79.9. The second-order valence-electron chi connectivity index (χ2n) is 3.19. The molecule has 1 aromatic carbocycles. The highest BCUT2D eigenvalue weighted by Gasteiger charge is 2.04. The van der Waals surface area contributed by atoms with Gasteiger partial charge in [-0.25, -0.2) is 0 Å². The Labute approximate surface area is 98.4 Å². The SMILES string of the molecule is COCCN(C)c1ccc(C#N)c(Br)c1. The van der Waals surface area contributed by atoms with E-state index in [1.54, 1.807) is 7.11 Å². The van der Waals surface area contributed by atoms with Crippen LogP contribution in [0, 0.1) is 11.3 Å². The van der Waals surface area contributed by atoms with Gasteiger partial charge in [0.2, 0.25) is 0 Å². The first-order valence-corrected chi connectivity index (χ1v) is 5.38. The maximum absolute atomic E-state index is 8.78. The van der Waals surface area contributed by atoms with Gasteiger partial charge in [-0.15, -0.1) is 0 Å². The van der Waals surface area contributed by atoms with Gasteiger partial charge in [0.1, 0.15) is 6.07 Å². The molecule has 0 atom stereocenters. The summed E-state index contributed by atoms with van der Waals surface area (Å²) in [6, 6.07) is 7.79. The molecule has 0 heterocycles. The highest BCUT2D eigenvalue weighted by Crippen LogP contribution is 2.22. The maximum Gasteiger partial charge on any atom is 0.100 e. The molecule has 0 spiro atoms. The topological polar surface area (TPSA) is 36.3 Å². The van der Waals surface area contributed by atoms with Gasteiger partial charge in [0.25, 0.3) is 0 Å². The molecule has 0 bridgehead atoms. The average Bonchev–Trinajstić information content (AvgIpc) is 2.25. The van der Waals surface area contributed by atoms with Gasteiger partial charge in [-0.3, -0.25) is 0 Å². The molecule has 0 aliphatic rings. The Bertz CT molecular complexity index is 373. The molecule has 15 heavy (non-hydrogen) atoms. The summed E-state index contributed by atoms with van der Waals surface area (Å²) < 4.78 is 5.83. The zero-order chi connectivity index (χ0) is 11.3. The molecule has 0 saturated carbocycles. The average molecular weight is 269 g/mol. The van der Waals surface area contributed by atoms with Crippen molar-refractivity contribution in [3.8, 4) is 6.07 Å². The Morgan fingerprint density at radius 2 is 2.27 bits per heavy atom. The van der Waals surface area contributed by atoms with Crippen LogP contribution in [0.15, 0.2) is 22.7 Å². The molecule has 3 nitrogen and oxygen atoms in total. The third-order valence-electron chi connectivity index (χ3n) is 2.14. The van der Waals surface area contributed by atoms with Crippen LogP contribution in [0.1, 0.15) is 5.56 Å². The standard InChI is InChI=1S/C11H13BrN2O/c1-14(5-6-15-2)10-4-3-9(8-13)11(12)7-10/h3-4,7H,5-6H2,1-2H3. The maximum atomic E-state index is 8.78. The van der Waals surface area contributed by atoms with Crippen molar-refractivity contribution in [3.63, 3.8) is 0 Å². The quantitative estimate of drug-likeness (QED) is 0.842. The van der Waals surface area contributed by atoms with Crippen molar-refractivity contribution in [3.05, 3.63) is 28.2 Å². The molecule has 0 aliphatic carbocycles. The second kappa shape index (κ2) is 5.74. The van der Waals surface area contributed by atoms with Gasteiger partial charge >= 0.3 is 0 Å². The van der Waals surface area contributed by atoms with Gasteiger partial charge in [0.15, 0.2) is 0 Å². The molecule has 0 fully saturated rings. The molecular weight excluding hydrogens is 256 g/mol. The summed E-state index contributed by atoms with van der Waals surface area (Å²) in [5.41, 5.74) is 1.72. The fourth-order valence-electron chi connectivity index (χ4n) is 1.19. The van der Waals surface area contributed by atoms with E-state index in [2.05, 4.69) is 26.9 Å². The Kier molecular flexibility index (Phi) is 4.60. The van der Waals surface area contributed by atoms with E-state index >= 15 is 0 Å². The first kappa shape index (κ1) is 12.0. The van der Waals surface area contributed by atoms with E-state index in [9.17, 15) is 0 Å². The van der Waals surface area contributed by atoms with Crippen molar-refractivity contribution in [1.82, 2.24) is 0 Å². The summed E-state index contributed by atoms with van der Waals surface area (Å²) in [5.74, 6) is 0. The summed E-state index contributed by atoms with van der Waals surface area (Å²) in [6.45, 7) is 1.52. The van der Waals surface area contributed by atoms with Crippen LogP contribution in [0.2, 0.25) is 0 Å². The van der Waals surface area contributed by atoms with Crippen molar-refractivity contribution < 1.29 is 4.74 Å². The van der Waals surface area contributed by atoms with Gasteiger partial charge in [0, 0.05) is 30.9 Å². The molecule has 0 N–H and O–H groups in total. The van der Waals surface area contributed by atoms with E-state index in [0.717, 1.165) is 16.7 Å². The van der Waals surface area contributed by atoms with Crippen molar-refractivity contribution in [2.75, 3.05) is 32.2 Å². The van der Waals surface area contributed by atoms with Crippen molar-refractivity contribution in [2.24, 2.45) is 0 Å². The number of hydrogen-bond acceptors (Lipinski definition) is 3. The van der Waals surface area contributed by atoms with Crippen LogP contribution in [-0.4, -0.2) is 27.3 Å². The Hall–Kier alpha value is -1.05. The third kappa shape index (κ3) is 3.22. The molecule has 1 rings (SSSR count). The first-order chi connectivity index (χ1) is 7.19. The Balaban J connectivity index is 2.79. The monoisotopic (exact) mass is 268 g/mol. The number of anilines is 1. The minimum absolute atomic E-state index is 0.652. The number of halogens is 1. The van der Waals surface area contributed by atoms with E-state index in [4.69, 9.17) is 10.00 Å². The lowest BCUT2D eigenvalue weighted by Gasteiger charge is -2.19. The van der Waals surface area contributed by atoms with E-state index in [1.807, 2.05) is 25.2 Å². The summed E-state index contributed by atoms with van der Waals surface area (Å²) in [4.78, 5) is 2.08. The number of nitrogens with zero attached hydrogens (tertiary/aromatic N) is 2. The van der Waals surface area contributed by atoms with Crippen LogP contribution in [0.5, 0.6) is 0 Å². The number of benzene rings is 1. The minimum atomic E-state index is 0.652. The number of ether oxygens (including phenoxy) is 1. The molecule has 0 aliphatic heterocycles. The third-order valence-corrected chi connectivity index (χ3v) is 2.80. The normalized spacial score (nSPS) is 9.73. The van der Waals surface area contributed by atoms with E-state index < -0.39 is 0 Å². The highest BCUT2D eigenvalue weighted by molar-refractivity contribution is 9.10. The largest absolute Gasteiger partial charge is 0.383 e.